The SMILES string of the molecule is CCCOc1ccc(-c2[nH]c(=O)sc2CN2CCCCCC2)cc1. The molecule has 0 aliphatic carbocycles. The van der Waals surface area contributed by atoms with Gasteiger partial charge in [-0.15, -0.1) is 0 Å². The van der Waals surface area contributed by atoms with Crippen molar-refractivity contribution in [3.63, 3.8) is 0 Å². The van der Waals surface area contributed by atoms with E-state index in [1.807, 2.05) is 24.3 Å². The summed E-state index contributed by atoms with van der Waals surface area (Å²) < 4.78 is 5.64. The number of benzene rings is 1. The lowest BCUT2D eigenvalue weighted by molar-refractivity contribution is 0.279. The molecule has 0 radical (unpaired) electrons. The molecule has 1 fully saturated rings. The Kier molecular flexibility index (Phi) is 6.10. The van der Waals surface area contributed by atoms with Gasteiger partial charge in [0.2, 0.25) is 0 Å². The third-order valence-electron chi connectivity index (χ3n) is 4.40. The molecule has 4 nitrogen and oxygen atoms in total. The van der Waals surface area contributed by atoms with E-state index in [-0.39, 0.29) is 4.87 Å². The van der Waals surface area contributed by atoms with E-state index in [4.69, 9.17) is 4.74 Å². The maximum absolute atomic E-state index is 11.9. The summed E-state index contributed by atoms with van der Waals surface area (Å²) in [5.41, 5.74) is 2.03. The van der Waals surface area contributed by atoms with Crippen molar-refractivity contribution in [3.05, 3.63) is 38.8 Å². The molecule has 3 rings (SSSR count). The number of likely N-dealkylation sites (tertiary alicyclic amines) is 1. The van der Waals surface area contributed by atoms with Gasteiger partial charge in [-0.3, -0.25) is 9.69 Å². The van der Waals surface area contributed by atoms with Crippen LogP contribution in [0.4, 0.5) is 0 Å². The highest BCUT2D eigenvalue weighted by Crippen LogP contribution is 2.27. The van der Waals surface area contributed by atoms with Crippen LogP contribution < -0.4 is 9.61 Å². The first-order valence-corrected chi connectivity index (χ1v) is 9.75. The van der Waals surface area contributed by atoms with Gasteiger partial charge in [0.25, 0.3) is 0 Å². The number of aromatic nitrogens is 1. The molecule has 1 N–H and O–H groups in total. The van der Waals surface area contributed by atoms with Crippen LogP contribution in [0.25, 0.3) is 11.3 Å². The minimum atomic E-state index is 0.0288. The molecule has 1 aromatic carbocycles. The van der Waals surface area contributed by atoms with E-state index in [0.717, 1.165) is 54.5 Å². The Morgan fingerprint density at radius 1 is 1.12 bits per heavy atom. The second-order valence-corrected chi connectivity index (χ2v) is 7.44. The zero-order valence-corrected chi connectivity index (χ0v) is 15.2. The third kappa shape index (κ3) is 4.48. The van der Waals surface area contributed by atoms with Crippen LogP contribution in [0, 0.1) is 0 Å². The average molecular weight is 346 g/mol. The van der Waals surface area contributed by atoms with E-state index < -0.39 is 0 Å². The first-order chi connectivity index (χ1) is 11.8. The van der Waals surface area contributed by atoms with Gasteiger partial charge in [-0.05, 0) is 62.2 Å². The quantitative estimate of drug-likeness (QED) is 0.850. The minimum absolute atomic E-state index is 0.0288. The predicted octanol–water partition coefficient (Wildman–Crippen LogP) is 4.27. The molecule has 0 atom stereocenters. The molecule has 5 heteroatoms. The second-order valence-electron chi connectivity index (χ2n) is 6.38. The van der Waals surface area contributed by atoms with Gasteiger partial charge in [0.1, 0.15) is 5.75 Å². The fourth-order valence-corrected chi connectivity index (χ4v) is 4.03. The Morgan fingerprint density at radius 2 is 1.83 bits per heavy atom. The van der Waals surface area contributed by atoms with E-state index in [2.05, 4.69) is 16.8 Å². The number of hydrogen-bond acceptors (Lipinski definition) is 4. The van der Waals surface area contributed by atoms with Crippen LogP contribution in [0.5, 0.6) is 5.75 Å². The normalized spacial score (nSPS) is 16.0. The van der Waals surface area contributed by atoms with Crippen molar-refractivity contribution in [2.75, 3.05) is 19.7 Å². The van der Waals surface area contributed by atoms with Crippen molar-refractivity contribution in [2.45, 2.75) is 45.6 Å². The minimum Gasteiger partial charge on any atom is -0.494 e. The molecule has 0 amide bonds. The number of thiazole rings is 1. The average Bonchev–Trinajstić information content (AvgIpc) is 2.79. The Hall–Kier alpha value is -1.59. The fraction of sp³-hybridized carbons (Fsp3) is 0.526. The zero-order chi connectivity index (χ0) is 16.8. The number of hydrogen-bond donors (Lipinski definition) is 1. The summed E-state index contributed by atoms with van der Waals surface area (Å²) in [4.78, 5) is 18.6. The second kappa shape index (κ2) is 8.49. The Bertz CT molecular complexity index is 682. The van der Waals surface area contributed by atoms with Crippen LogP contribution in [0.2, 0.25) is 0 Å². The third-order valence-corrected chi connectivity index (χ3v) is 5.27. The standard InChI is InChI=1S/C19H26N2O2S/c1-2-13-23-16-9-7-15(8-10-16)18-17(24-19(22)20-18)14-21-11-5-3-4-6-12-21/h7-10H,2-6,11-14H2,1H3,(H,20,22). The molecule has 130 valence electrons. The van der Waals surface area contributed by atoms with Crippen molar-refractivity contribution in [1.29, 1.82) is 0 Å². The molecule has 1 aromatic heterocycles. The Balaban J connectivity index is 1.76. The summed E-state index contributed by atoms with van der Waals surface area (Å²) in [5, 5.41) is 0. The van der Waals surface area contributed by atoms with E-state index in [1.54, 1.807) is 0 Å². The number of H-pyrrole nitrogens is 1. The van der Waals surface area contributed by atoms with Crippen molar-refractivity contribution < 1.29 is 4.74 Å². The highest BCUT2D eigenvalue weighted by molar-refractivity contribution is 7.09. The number of rotatable bonds is 6. The predicted molar refractivity (Wildman–Crippen MR) is 99.9 cm³/mol. The molecule has 2 heterocycles. The molecular formula is C19H26N2O2S. The molecule has 0 spiro atoms. The van der Waals surface area contributed by atoms with Crippen LogP contribution >= 0.6 is 11.3 Å². The molecule has 0 saturated carbocycles. The maximum atomic E-state index is 11.9. The van der Waals surface area contributed by atoms with E-state index in [1.165, 1.54) is 37.0 Å². The molecule has 1 aliphatic heterocycles. The largest absolute Gasteiger partial charge is 0.494 e. The zero-order valence-electron chi connectivity index (χ0n) is 14.3. The van der Waals surface area contributed by atoms with Gasteiger partial charge in [0.15, 0.2) is 0 Å². The number of nitrogens with one attached hydrogen (secondary N) is 1. The van der Waals surface area contributed by atoms with Crippen LogP contribution in [0.15, 0.2) is 29.1 Å². The van der Waals surface area contributed by atoms with E-state index >= 15 is 0 Å². The smallest absolute Gasteiger partial charge is 0.305 e. The molecular weight excluding hydrogens is 320 g/mol. The lowest BCUT2D eigenvalue weighted by Gasteiger charge is -2.19. The number of nitrogens with zero attached hydrogens (tertiary/aromatic N) is 1. The number of ether oxygens (including phenoxy) is 1. The van der Waals surface area contributed by atoms with E-state index in [9.17, 15) is 4.79 Å². The van der Waals surface area contributed by atoms with Crippen LogP contribution in [0.3, 0.4) is 0 Å². The molecule has 2 aromatic rings. The summed E-state index contributed by atoms with van der Waals surface area (Å²) in [6.45, 7) is 5.96. The van der Waals surface area contributed by atoms with Gasteiger partial charge >= 0.3 is 4.87 Å². The molecule has 1 aliphatic rings. The van der Waals surface area contributed by atoms with Gasteiger partial charge in [0.05, 0.1) is 12.3 Å². The topological polar surface area (TPSA) is 45.3 Å². The van der Waals surface area contributed by atoms with Crippen molar-refractivity contribution in [2.24, 2.45) is 0 Å². The summed E-state index contributed by atoms with van der Waals surface area (Å²) in [7, 11) is 0. The van der Waals surface area contributed by atoms with E-state index in [0.29, 0.717) is 0 Å². The fourth-order valence-electron chi connectivity index (χ4n) is 3.14. The monoisotopic (exact) mass is 346 g/mol. The Morgan fingerprint density at radius 3 is 2.50 bits per heavy atom. The van der Waals surface area contributed by atoms with Crippen LogP contribution in [-0.4, -0.2) is 29.6 Å². The molecule has 1 saturated heterocycles. The molecule has 0 unspecified atom stereocenters. The van der Waals surface area contributed by atoms with Crippen molar-refractivity contribution >= 4 is 11.3 Å². The van der Waals surface area contributed by atoms with Gasteiger partial charge in [-0.25, -0.2) is 0 Å². The first-order valence-electron chi connectivity index (χ1n) is 8.94. The summed E-state index contributed by atoms with van der Waals surface area (Å²) in [6.07, 6.45) is 6.17. The van der Waals surface area contributed by atoms with Gasteiger partial charge < -0.3 is 9.72 Å². The summed E-state index contributed by atoms with van der Waals surface area (Å²) in [5.74, 6) is 0.882. The molecule has 0 bridgehead atoms. The highest BCUT2D eigenvalue weighted by atomic mass is 32.1. The van der Waals surface area contributed by atoms with Gasteiger partial charge in [-0.1, -0.05) is 31.1 Å². The lowest BCUT2D eigenvalue weighted by Crippen LogP contribution is -2.23. The first kappa shape index (κ1) is 17.2. The van der Waals surface area contributed by atoms with Gasteiger partial charge in [0, 0.05) is 11.4 Å². The maximum Gasteiger partial charge on any atom is 0.305 e. The molecule has 24 heavy (non-hydrogen) atoms. The van der Waals surface area contributed by atoms with Gasteiger partial charge in [-0.2, -0.15) is 0 Å². The summed E-state index contributed by atoms with van der Waals surface area (Å²) in [6, 6.07) is 8.04. The summed E-state index contributed by atoms with van der Waals surface area (Å²) >= 11 is 1.34. The van der Waals surface area contributed by atoms with Crippen molar-refractivity contribution in [3.8, 4) is 17.0 Å². The van der Waals surface area contributed by atoms with Crippen LogP contribution in [-0.2, 0) is 6.54 Å². The number of aromatic amines is 1. The highest BCUT2D eigenvalue weighted by Gasteiger charge is 2.15. The lowest BCUT2D eigenvalue weighted by atomic mass is 10.1. The van der Waals surface area contributed by atoms with Crippen molar-refractivity contribution in [1.82, 2.24) is 9.88 Å². The Labute approximate surface area is 147 Å². The van der Waals surface area contributed by atoms with Crippen LogP contribution in [0.1, 0.15) is 43.9 Å².